The largest absolute Gasteiger partial charge is 0.497 e. The molecule has 4 aromatic carbocycles. The summed E-state index contributed by atoms with van der Waals surface area (Å²) in [7, 11) is 1.60. The molecule has 0 saturated heterocycles. The molecule has 2 amide bonds. The molecule has 0 aliphatic heterocycles. The number of para-hydroxylation sites is 1. The fourth-order valence-electron chi connectivity index (χ4n) is 3.65. The van der Waals surface area contributed by atoms with E-state index in [9.17, 15) is 14.4 Å². The summed E-state index contributed by atoms with van der Waals surface area (Å²) >= 11 is 0. The van der Waals surface area contributed by atoms with Crippen LogP contribution in [-0.2, 0) is 19.1 Å². The fourth-order valence-corrected chi connectivity index (χ4v) is 3.65. The highest BCUT2D eigenvalue weighted by Gasteiger charge is 2.10. The van der Waals surface area contributed by atoms with Crippen molar-refractivity contribution in [2.24, 2.45) is 0 Å². The lowest BCUT2D eigenvalue weighted by Gasteiger charge is -2.09. The van der Waals surface area contributed by atoms with E-state index in [2.05, 4.69) is 10.6 Å². The summed E-state index contributed by atoms with van der Waals surface area (Å²) in [6, 6.07) is 30.3. The van der Waals surface area contributed by atoms with Crippen molar-refractivity contribution in [1.82, 2.24) is 0 Å². The van der Waals surface area contributed by atoms with Crippen molar-refractivity contribution in [2.45, 2.75) is 19.3 Å². The van der Waals surface area contributed by atoms with E-state index in [-0.39, 0.29) is 25.2 Å². The zero-order valence-electron chi connectivity index (χ0n) is 22.5. The Labute approximate surface area is 238 Å². The van der Waals surface area contributed by atoms with E-state index in [0.29, 0.717) is 34.4 Å². The number of ether oxygens (including phenoxy) is 4. The fraction of sp³-hybridized carbons (Fsp3) is 0.156. The first-order valence-electron chi connectivity index (χ1n) is 13.0. The molecule has 0 bridgehead atoms. The van der Waals surface area contributed by atoms with Gasteiger partial charge in [-0.25, -0.2) is 0 Å². The van der Waals surface area contributed by atoms with E-state index in [0.717, 1.165) is 5.75 Å². The Morgan fingerprint density at radius 1 is 0.561 bits per heavy atom. The van der Waals surface area contributed by atoms with Crippen LogP contribution in [0.1, 0.15) is 19.3 Å². The van der Waals surface area contributed by atoms with Crippen molar-refractivity contribution in [3.63, 3.8) is 0 Å². The van der Waals surface area contributed by atoms with E-state index < -0.39 is 18.5 Å². The van der Waals surface area contributed by atoms with Gasteiger partial charge in [-0.2, -0.15) is 0 Å². The monoisotopic (exact) mass is 554 g/mol. The van der Waals surface area contributed by atoms with Crippen LogP contribution in [-0.4, -0.2) is 31.5 Å². The molecule has 2 N–H and O–H groups in total. The Morgan fingerprint density at radius 3 is 1.56 bits per heavy atom. The molecule has 4 aromatic rings. The number of carbonyl (C=O) groups excluding carboxylic acids is 3. The number of esters is 1. The molecule has 9 nitrogen and oxygen atoms in total. The molecule has 0 heterocycles. The number of nitrogens with one attached hydrogen (secondary N) is 2. The first kappa shape index (κ1) is 28.7. The minimum atomic E-state index is -0.556. The molecule has 0 fully saturated rings. The third-order valence-corrected chi connectivity index (χ3v) is 5.70. The van der Waals surface area contributed by atoms with Gasteiger partial charge in [-0.3, -0.25) is 14.4 Å². The average Bonchev–Trinajstić information content (AvgIpc) is 2.99. The van der Waals surface area contributed by atoms with Gasteiger partial charge in [0.2, 0.25) is 5.91 Å². The second-order valence-corrected chi connectivity index (χ2v) is 8.85. The Bertz CT molecular complexity index is 1420. The summed E-state index contributed by atoms with van der Waals surface area (Å²) in [5, 5.41) is 5.44. The number of carbonyl (C=O) groups is 3. The van der Waals surface area contributed by atoms with Gasteiger partial charge in [0.15, 0.2) is 6.61 Å². The van der Waals surface area contributed by atoms with Crippen LogP contribution >= 0.6 is 0 Å². The standard InChI is InChI=1S/C32H30N2O7/c1-38-25-18-20-29(21-19-25)41-28-14-10-23(11-15-28)33-30(35)8-5-9-32(37)39-22-31(36)34-24-12-16-27(17-13-24)40-26-6-3-2-4-7-26/h2-4,6-7,10-21H,5,8-9,22H2,1H3,(H,33,35)(H,34,36). The molecule has 210 valence electrons. The van der Waals surface area contributed by atoms with Gasteiger partial charge in [0.05, 0.1) is 7.11 Å². The minimum Gasteiger partial charge on any atom is -0.497 e. The van der Waals surface area contributed by atoms with Crippen molar-refractivity contribution >= 4 is 29.2 Å². The summed E-state index contributed by atoms with van der Waals surface area (Å²) in [5.41, 5.74) is 1.15. The smallest absolute Gasteiger partial charge is 0.306 e. The first-order valence-corrected chi connectivity index (χ1v) is 13.0. The maximum atomic E-state index is 12.2. The molecular formula is C32H30N2O7. The summed E-state index contributed by atoms with van der Waals surface area (Å²) in [6.07, 6.45) is 0.428. The third kappa shape index (κ3) is 9.74. The van der Waals surface area contributed by atoms with Crippen molar-refractivity contribution in [3.8, 4) is 28.7 Å². The second kappa shape index (κ2) is 14.7. The molecule has 9 heteroatoms. The molecule has 41 heavy (non-hydrogen) atoms. The van der Waals surface area contributed by atoms with E-state index in [4.69, 9.17) is 18.9 Å². The van der Waals surface area contributed by atoms with Gasteiger partial charge in [0.25, 0.3) is 5.91 Å². The molecule has 0 unspecified atom stereocenters. The quantitative estimate of drug-likeness (QED) is 0.180. The normalized spacial score (nSPS) is 10.3. The minimum absolute atomic E-state index is 0.0147. The van der Waals surface area contributed by atoms with Crippen molar-refractivity contribution < 1.29 is 33.3 Å². The van der Waals surface area contributed by atoms with E-state index in [1.54, 1.807) is 79.9 Å². The van der Waals surface area contributed by atoms with Gasteiger partial charge >= 0.3 is 5.97 Å². The van der Waals surface area contributed by atoms with Crippen LogP contribution in [0.5, 0.6) is 28.7 Å². The van der Waals surface area contributed by atoms with Gasteiger partial charge in [-0.1, -0.05) is 18.2 Å². The highest BCUT2D eigenvalue weighted by Crippen LogP contribution is 2.25. The van der Waals surface area contributed by atoms with E-state index >= 15 is 0 Å². The van der Waals surface area contributed by atoms with Crippen LogP contribution in [0.15, 0.2) is 103 Å². The van der Waals surface area contributed by atoms with Gasteiger partial charge in [-0.15, -0.1) is 0 Å². The van der Waals surface area contributed by atoms with Crippen molar-refractivity contribution in [3.05, 3.63) is 103 Å². The average molecular weight is 555 g/mol. The second-order valence-electron chi connectivity index (χ2n) is 8.85. The number of anilines is 2. The summed E-state index contributed by atoms with van der Waals surface area (Å²) < 4.78 is 21.6. The number of amides is 2. The highest BCUT2D eigenvalue weighted by molar-refractivity contribution is 5.93. The van der Waals surface area contributed by atoms with Gasteiger partial charge in [0.1, 0.15) is 28.7 Å². The van der Waals surface area contributed by atoms with Crippen LogP contribution in [0.2, 0.25) is 0 Å². The predicted octanol–water partition coefficient (Wildman–Crippen LogP) is 6.57. The Kier molecular flexibility index (Phi) is 10.3. The van der Waals surface area contributed by atoms with Crippen LogP contribution in [0.25, 0.3) is 0 Å². The zero-order chi connectivity index (χ0) is 28.9. The van der Waals surface area contributed by atoms with Gasteiger partial charge < -0.3 is 29.6 Å². The third-order valence-electron chi connectivity index (χ3n) is 5.70. The van der Waals surface area contributed by atoms with Gasteiger partial charge in [0, 0.05) is 24.2 Å². The zero-order valence-corrected chi connectivity index (χ0v) is 22.5. The summed E-state index contributed by atoms with van der Waals surface area (Å²) in [6.45, 7) is -0.418. The summed E-state index contributed by atoms with van der Waals surface area (Å²) in [4.78, 5) is 36.4. The van der Waals surface area contributed by atoms with Crippen LogP contribution < -0.4 is 24.8 Å². The van der Waals surface area contributed by atoms with Crippen molar-refractivity contribution in [2.75, 3.05) is 24.4 Å². The maximum Gasteiger partial charge on any atom is 0.306 e. The molecular weight excluding hydrogens is 524 g/mol. The van der Waals surface area contributed by atoms with E-state index in [1.807, 2.05) is 30.3 Å². The highest BCUT2D eigenvalue weighted by atomic mass is 16.5. The number of hydrogen-bond donors (Lipinski definition) is 2. The summed E-state index contributed by atoms with van der Waals surface area (Å²) in [5.74, 6) is 2.09. The maximum absolute atomic E-state index is 12.2. The van der Waals surface area contributed by atoms with Crippen LogP contribution in [0, 0.1) is 0 Å². The number of rotatable bonds is 13. The topological polar surface area (TPSA) is 112 Å². The lowest BCUT2D eigenvalue weighted by Crippen LogP contribution is -2.21. The molecule has 0 radical (unpaired) electrons. The molecule has 0 aliphatic carbocycles. The molecule has 0 saturated carbocycles. The predicted molar refractivity (Wildman–Crippen MR) is 155 cm³/mol. The van der Waals surface area contributed by atoms with Crippen molar-refractivity contribution in [1.29, 1.82) is 0 Å². The van der Waals surface area contributed by atoms with Crippen LogP contribution in [0.4, 0.5) is 11.4 Å². The SMILES string of the molecule is COc1ccc(Oc2ccc(NC(=O)CCCC(=O)OCC(=O)Nc3ccc(Oc4ccccc4)cc3)cc2)cc1. The van der Waals surface area contributed by atoms with Crippen LogP contribution in [0.3, 0.4) is 0 Å². The Balaban J connectivity index is 1.10. The molecule has 0 aliphatic rings. The molecule has 0 spiro atoms. The lowest BCUT2D eigenvalue weighted by atomic mass is 10.2. The number of methoxy groups -OCH3 is 1. The Hall–Kier alpha value is -5.31. The first-order chi connectivity index (χ1) is 20.0. The van der Waals surface area contributed by atoms with E-state index in [1.165, 1.54) is 0 Å². The molecule has 4 rings (SSSR count). The molecule has 0 aromatic heterocycles. The number of hydrogen-bond acceptors (Lipinski definition) is 7. The van der Waals surface area contributed by atoms with Gasteiger partial charge in [-0.05, 0) is 91.3 Å². The molecule has 0 atom stereocenters. The Morgan fingerprint density at radius 2 is 1.02 bits per heavy atom. The number of benzene rings is 4. The lowest BCUT2D eigenvalue weighted by molar-refractivity contribution is -0.147.